The van der Waals surface area contributed by atoms with E-state index in [0.717, 1.165) is 48.4 Å². The molecule has 1 spiro atoms. The Morgan fingerprint density at radius 3 is 2.66 bits per heavy atom. The van der Waals surface area contributed by atoms with Crippen LogP contribution in [0, 0.1) is 0 Å². The number of carbonyl (C=O) groups is 1. The SMILES string of the molecule is COC(=O)CCn1nnnc1-c1ccc(C2=CC3(CCNCC3)Oc3ccccc32)cc1. The lowest BCUT2D eigenvalue weighted by molar-refractivity contribution is -0.140. The normalized spacial score (nSPS) is 16.7. The highest BCUT2D eigenvalue weighted by molar-refractivity contribution is 5.85. The summed E-state index contributed by atoms with van der Waals surface area (Å²) >= 11 is 0. The van der Waals surface area contributed by atoms with E-state index in [2.05, 4.69) is 51.2 Å². The van der Waals surface area contributed by atoms with E-state index in [1.54, 1.807) is 4.68 Å². The highest BCUT2D eigenvalue weighted by atomic mass is 16.5. The third kappa shape index (κ3) is 3.89. The van der Waals surface area contributed by atoms with Crippen molar-refractivity contribution in [3.8, 4) is 17.1 Å². The number of fused-ring (bicyclic) bond motifs is 1. The predicted octanol–water partition coefficient (Wildman–Crippen LogP) is 2.85. The van der Waals surface area contributed by atoms with Crippen LogP contribution in [0.1, 0.15) is 30.4 Å². The molecule has 164 valence electrons. The fraction of sp³-hybridized carbons (Fsp3) is 0.333. The number of hydrogen-bond donors (Lipinski definition) is 1. The molecule has 0 unspecified atom stereocenters. The Bertz CT molecular complexity index is 1150. The van der Waals surface area contributed by atoms with Crippen molar-refractivity contribution in [2.45, 2.75) is 31.4 Å². The number of ether oxygens (including phenoxy) is 2. The van der Waals surface area contributed by atoms with Crippen molar-refractivity contribution >= 4 is 11.5 Å². The fourth-order valence-electron chi connectivity index (χ4n) is 4.36. The third-order valence-corrected chi connectivity index (χ3v) is 6.09. The van der Waals surface area contributed by atoms with E-state index in [0.29, 0.717) is 12.4 Å². The maximum Gasteiger partial charge on any atom is 0.307 e. The lowest BCUT2D eigenvalue weighted by Gasteiger charge is -2.40. The molecule has 0 bridgehead atoms. The number of benzene rings is 2. The van der Waals surface area contributed by atoms with Gasteiger partial charge < -0.3 is 14.8 Å². The minimum Gasteiger partial charge on any atom is -0.482 e. The number of esters is 1. The number of nitrogens with zero attached hydrogens (tertiary/aromatic N) is 4. The number of para-hydroxylation sites is 1. The molecule has 0 amide bonds. The summed E-state index contributed by atoms with van der Waals surface area (Å²) in [7, 11) is 1.37. The van der Waals surface area contributed by atoms with Gasteiger partial charge in [-0.15, -0.1) is 5.10 Å². The average Bonchev–Trinajstić information content (AvgIpc) is 3.31. The van der Waals surface area contributed by atoms with Gasteiger partial charge in [-0.25, -0.2) is 4.68 Å². The first kappa shape index (κ1) is 20.4. The molecular formula is C24H25N5O3. The Labute approximate surface area is 186 Å². The van der Waals surface area contributed by atoms with Crippen LogP contribution in [-0.4, -0.2) is 52.0 Å². The van der Waals surface area contributed by atoms with Gasteiger partial charge in [0.2, 0.25) is 0 Å². The van der Waals surface area contributed by atoms with E-state index in [9.17, 15) is 4.79 Å². The van der Waals surface area contributed by atoms with Crippen molar-refractivity contribution in [1.29, 1.82) is 0 Å². The van der Waals surface area contributed by atoms with Crippen LogP contribution in [0.3, 0.4) is 0 Å². The summed E-state index contributed by atoms with van der Waals surface area (Å²) in [4.78, 5) is 11.5. The molecule has 0 aliphatic carbocycles. The second kappa shape index (κ2) is 8.55. The molecule has 32 heavy (non-hydrogen) atoms. The Morgan fingerprint density at radius 2 is 1.88 bits per heavy atom. The molecule has 8 nitrogen and oxygen atoms in total. The number of aryl methyl sites for hydroxylation is 1. The molecule has 2 aliphatic heterocycles. The van der Waals surface area contributed by atoms with Crippen molar-refractivity contribution in [2.24, 2.45) is 0 Å². The number of rotatable bonds is 5. The van der Waals surface area contributed by atoms with Crippen LogP contribution in [0.2, 0.25) is 0 Å². The van der Waals surface area contributed by atoms with Crippen molar-refractivity contribution in [3.63, 3.8) is 0 Å². The summed E-state index contributed by atoms with van der Waals surface area (Å²) in [6.45, 7) is 2.25. The number of carbonyl (C=O) groups excluding carboxylic acids is 1. The van der Waals surface area contributed by atoms with E-state index in [4.69, 9.17) is 9.47 Å². The Morgan fingerprint density at radius 1 is 1.12 bits per heavy atom. The molecule has 0 atom stereocenters. The molecule has 2 aliphatic rings. The van der Waals surface area contributed by atoms with Gasteiger partial charge in [0.1, 0.15) is 11.4 Å². The first-order valence-corrected chi connectivity index (χ1v) is 10.8. The molecule has 0 saturated carbocycles. The Balaban J connectivity index is 1.46. The lowest BCUT2D eigenvalue weighted by Crippen LogP contribution is -2.46. The van der Waals surface area contributed by atoms with Crippen molar-refractivity contribution in [2.75, 3.05) is 20.2 Å². The van der Waals surface area contributed by atoms with Crippen LogP contribution in [0.4, 0.5) is 0 Å². The third-order valence-electron chi connectivity index (χ3n) is 6.09. The minimum atomic E-state index is -0.293. The van der Waals surface area contributed by atoms with Gasteiger partial charge in [0, 0.05) is 24.0 Å². The van der Waals surface area contributed by atoms with Crippen LogP contribution < -0.4 is 10.1 Å². The molecule has 8 heteroatoms. The first-order chi connectivity index (χ1) is 15.7. The van der Waals surface area contributed by atoms with Gasteiger partial charge in [-0.3, -0.25) is 4.79 Å². The molecule has 5 rings (SSSR count). The number of aromatic nitrogens is 4. The van der Waals surface area contributed by atoms with E-state index in [-0.39, 0.29) is 18.0 Å². The molecule has 1 aromatic heterocycles. The summed E-state index contributed by atoms with van der Waals surface area (Å²) in [5, 5.41) is 15.4. The maximum absolute atomic E-state index is 11.5. The largest absolute Gasteiger partial charge is 0.482 e. The number of methoxy groups -OCH3 is 1. The van der Waals surface area contributed by atoms with E-state index in [1.165, 1.54) is 12.7 Å². The second-order valence-corrected chi connectivity index (χ2v) is 8.10. The Kier molecular flexibility index (Phi) is 5.45. The molecule has 0 radical (unpaired) electrons. The zero-order valence-electron chi connectivity index (χ0n) is 18.0. The van der Waals surface area contributed by atoms with Crippen molar-refractivity contribution in [1.82, 2.24) is 25.5 Å². The van der Waals surface area contributed by atoms with E-state index >= 15 is 0 Å². The highest BCUT2D eigenvalue weighted by Crippen LogP contribution is 2.42. The number of nitrogens with one attached hydrogen (secondary N) is 1. The summed E-state index contributed by atoms with van der Waals surface area (Å²) in [5.41, 5.74) is 4.03. The van der Waals surface area contributed by atoms with Crippen molar-refractivity contribution < 1.29 is 14.3 Å². The van der Waals surface area contributed by atoms with Crippen LogP contribution in [-0.2, 0) is 16.1 Å². The van der Waals surface area contributed by atoms with Crippen LogP contribution in [0.5, 0.6) is 5.75 Å². The summed E-state index contributed by atoms with van der Waals surface area (Å²) < 4.78 is 12.8. The molecule has 1 saturated heterocycles. The summed E-state index contributed by atoms with van der Waals surface area (Å²) in [5.74, 6) is 1.26. The van der Waals surface area contributed by atoms with Gasteiger partial charge in [-0.05, 0) is 46.8 Å². The van der Waals surface area contributed by atoms with Crippen LogP contribution in [0.15, 0.2) is 54.6 Å². The lowest BCUT2D eigenvalue weighted by atomic mass is 9.83. The van der Waals surface area contributed by atoms with Gasteiger partial charge >= 0.3 is 5.97 Å². The average molecular weight is 431 g/mol. The van der Waals surface area contributed by atoms with Gasteiger partial charge in [-0.1, -0.05) is 42.5 Å². The highest BCUT2D eigenvalue weighted by Gasteiger charge is 2.36. The Hall–Kier alpha value is -3.52. The van der Waals surface area contributed by atoms with Gasteiger partial charge in [0.05, 0.1) is 20.1 Å². The fourth-order valence-corrected chi connectivity index (χ4v) is 4.36. The minimum absolute atomic E-state index is 0.216. The zero-order chi connectivity index (χ0) is 22.0. The van der Waals surface area contributed by atoms with Crippen LogP contribution >= 0.6 is 0 Å². The number of hydrogen-bond acceptors (Lipinski definition) is 7. The maximum atomic E-state index is 11.5. The van der Waals surface area contributed by atoms with E-state index < -0.39 is 0 Å². The molecule has 1 N–H and O–H groups in total. The standard InChI is InChI=1S/C24H25N5O3/c1-31-22(30)10-15-29-23(26-27-28-29)18-8-6-17(7-9-18)20-16-24(11-13-25-14-12-24)32-21-5-3-2-4-19(20)21/h2-9,16,25H,10-15H2,1H3. The van der Waals surface area contributed by atoms with Gasteiger partial charge in [0.25, 0.3) is 0 Å². The summed E-state index contributed by atoms with van der Waals surface area (Å²) in [6.07, 6.45) is 4.40. The molecule has 1 fully saturated rings. The molecular weight excluding hydrogens is 406 g/mol. The van der Waals surface area contributed by atoms with Crippen molar-refractivity contribution in [3.05, 3.63) is 65.7 Å². The van der Waals surface area contributed by atoms with E-state index in [1.807, 2.05) is 24.3 Å². The molecule has 3 heterocycles. The van der Waals surface area contributed by atoms with Gasteiger partial charge in [0.15, 0.2) is 5.82 Å². The monoisotopic (exact) mass is 431 g/mol. The second-order valence-electron chi connectivity index (χ2n) is 8.10. The summed E-state index contributed by atoms with van der Waals surface area (Å²) in [6, 6.07) is 16.4. The van der Waals surface area contributed by atoms with Gasteiger partial charge in [-0.2, -0.15) is 0 Å². The molecule has 2 aromatic carbocycles. The topological polar surface area (TPSA) is 91.2 Å². The zero-order valence-corrected chi connectivity index (χ0v) is 18.0. The number of piperidine rings is 1. The molecule has 3 aromatic rings. The number of tetrazole rings is 1. The predicted molar refractivity (Wildman–Crippen MR) is 119 cm³/mol. The smallest absolute Gasteiger partial charge is 0.307 e. The first-order valence-electron chi connectivity index (χ1n) is 10.8. The van der Waals surface area contributed by atoms with Crippen LogP contribution in [0.25, 0.3) is 17.0 Å². The quantitative estimate of drug-likeness (QED) is 0.621.